The first kappa shape index (κ1) is 56.9. The molecule has 1 radical (unpaired) electrons. The molecule has 16 unspecified atom stereocenters. The van der Waals surface area contributed by atoms with Crippen molar-refractivity contribution in [3.8, 4) is 0 Å². The van der Waals surface area contributed by atoms with E-state index in [-0.39, 0.29) is 40.4 Å². The van der Waals surface area contributed by atoms with E-state index in [1.54, 1.807) is 0 Å². The van der Waals surface area contributed by atoms with Gasteiger partial charge in [-0.15, -0.1) is 0 Å². The molecule has 0 amide bonds. The molecule has 10 heterocycles. The molecule has 10 saturated heterocycles. The quantitative estimate of drug-likeness (QED) is 0.151. The van der Waals surface area contributed by atoms with Gasteiger partial charge in [-0.1, -0.05) is 103 Å². The Labute approximate surface area is 520 Å². The van der Waals surface area contributed by atoms with Crippen molar-refractivity contribution >= 4 is 0 Å². The molecule has 17 heteroatoms. The topological polar surface area (TPSA) is 192 Å². The molecule has 453 valence electrons. The molecular weight excluding hydrogens is 1140 g/mol. The van der Waals surface area contributed by atoms with Crippen LogP contribution in [0.3, 0.4) is 0 Å². The fourth-order valence-corrected chi connectivity index (χ4v) is 23.9. The molecule has 0 aromatic rings. The molecule has 18 rings (SSSR count). The Balaban J connectivity index is 0.000000132. The molecule has 0 aromatic carbocycles. The van der Waals surface area contributed by atoms with Crippen LogP contribution < -0.4 is 85.1 Å². The summed E-state index contributed by atoms with van der Waals surface area (Å²) in [6, 6.07) is 0. The minimum Gasteiger partial charge on any atom is -0.286 e. The Morgan fingerprint density at radius 2 is 0.173 bits per heavy atom. The Hall–Kier alpha value is 0.698. The van der Waals surface area contributed by atoms with E-state index in [4.69, 9.17) is 0 Å². The summed E-state index contributed by atoms with van der Waals surface area (Å²) in [7, 11) is 0. The predicted molar refractivity (Wildman–Crippen MR) is 314 cm³/mol. The zero-order valence-electron chi connectivity index (χ0n) is 49.5. The second kappa shape index (κ2) is 24.5. The summed E-state index contributed by atoms with van der Waals surface area (Å²) in [5.41, 5.74) is 0. The molecule has 10 aliphatic heterocycles. The first-order chi connectivity index (χ1) is 39.6. The fourth-order valence-electron chi connectivity index (χ4n) is 23.9. The first-order valence-corrected chi connectivity index (χ1v) is 35.8. The van der Waals surface area contributed by atoms with Gasteiger partial charge in [-0.25, -0.2) is 0 Å². The van der Waals surface area contributed by atoms with Gasteiger partial charge in [0.15, 0.2) is 0 Å². The van der Waals surface area contributed by atoms with E-state index in [9.17, 15) is 0 Å². The van der Waals surface area contributed by atoms with Crippen LogP contribution in [0.4, 0.5) is 0 Å². The van der Waals surface area contributed by atoms with E-state index in [1.807, 2.05) is 0 Å². The van der Waals surface area contributed by atoms with Gasteiger partial charge in [0.05, 0.1) is 98.7 Å². The van der Waals surface area contributed by atoms with Gasteiger partial charge in [0.25, 0.3) is 0 Å². The van der Waals surface area contributed by atoms with Gasteiger partial charge >= 0.3 is 0 Å². The Kier molecular flexibility index (Phi) is 17.2. The SMILES string of the molecule is C1CCC2C3NC(NC4NC(NC5NC(NC6NC(N3)C3CCCCC63)C3CCCCC53)C3CCCCC43)C2C1.C1CCC2C3NC(NC4NC(NC5NC(NC6NC(N3)C3CCCCC63)C3CCCCC53)C3CCCCC43)C2C1.[Pm]. The average molecular weight is 1250 g/mol. The minimum absolute atomic E-state index is 0. The molecular formula is C64H112N16Pm. The molecule has 81 heavy (non-hydrogen) atoms. The number of rotatable bonds is 0. The van der Waals surface area contributed by atoms with Gasteiger partial charge in [0.1, 0.15) is 0 Å². The van der Waals surface area contributed by atoms with Crippen LogP contribution in [-0.4, -0.2) is 98.7 Å². The number of hydrogen-bond acceptors (Lipinski definition) is 16. The summed E-state index contributed by atoms with van der Waals surface area (Å²) in [4.78, 5) is 0. The molecule has 8 saturated carbocycles. The summed E-state index contributed by atoms with van der Waals surface area (Å²) >= 11 is 0. The zero-order valence-corrected chi connectivity index (χ0v) is 52.4. The summed E-state index contributed by atoms with van der Waals surface area (Å²) in [6.07, 6.45) is 51.1. The predicted octanol–water partition coefficient (Wildman–Crippen LogP) is 5.21. The van der Waals surface area contributed by atoms with Crippen LogP contribution in [0.15, 0.2) is 0 Å². The van der Waals surface area contributed by atoms with Crippen molar-refractivity contribution in [2.24, 2.45) is 94.7 Å². The van der Waals surface area contributed by atoms with Crippen molar-refractivity contribution in [3.63, 3.8) is 0 Å². The van der Waals surface area contributed by atoms with E-state index in [2.05, 4.69) is 85.1 Å². The Morgan fingerprint density at radius 3 is 0.235 bits per heavy atom. The van der Waals surface area contributed by atoms with E-state index in [0.29, 0.717) is 98.7 Å². The molecule has 16 N–H and O–H groups in total. The van der Waals surface area contributed by atoms with E-state index in [1.165, 1.54) is 205 Å². The molecule has 0 spiro atoms. The van der Waals surface area contributed by atoms with Crippen LogP contribution in [0.2, 0.25) is 0 Å². The molecule has 18 aliphatic rings. The first-order valence-electron chi connectivity index (χ1n) is 35.8. The third kappa shape index (κ3) is 10.6. The van der Waals surface area contributed by atoms with E-state index in [0.717, 1.165) is 94.7 Å². The van der Waals surface area contributed by atoms with Crippen LogP contribution in [-0.2, 0) is 0 Å². The van der Waals surface area contributed by atoms with Gasteiger partial charge in [-0.3, -0.25) is 85.1 Å². The summed E-state index contributed by atoms with van der Waals surface area (Å²) < 4.78 is 0. The Bertz CT molecular complexity index is 1570. The van der Waals surface area contributed by atoms with Crippen LogP contribution in [0.5, 0.6) is 0 Å². The van der Waals surface area contributed by atoms with Gasteiger partial charge in [0, 0.05) is 40.4 Å². The monoisotopic (exact) mass is 1250 g/mol. The molecule has 16 nitrogen and oxygen atoms in total. The fraction of sp³-hybridized carbons (Fsp3) is 1.00. The van der Waals surface area contributed by atoms with Crippen molar-refractivity contribution in [2.45, 2.75) is 304 Å². The molecule has 18 fully saturated rings. The van der Waals surface area contributed by atoms with Crippen LogP contribution >= 0.6 is 0 Å². The van der Waals surface area contributed by atoms with E-state index >= 15 is 0 Å². The standard InChI is InChI=1S/2C32H56N8.Pm/c2*1-2-10-18-17(9-1)25-33-26(18)38-28-21-13-5-6-14-22(21)30(35-28)40-32-24-16-8-7-15-23(24)31(36-32)39-29-20-12-4-3-11-19(20)27(34-29)37-25;/h2*17-40H,1-16H2;. The van der Waals surface area contributed by atoms with Gasteiger partial charge in [-0.2, -0.15) is 0 Å². The molecule has 16 atom stereocenters. The summed E-state index contributed by atoms with van der Waals surface area (Å²) in [5.74, 6) is 11.9. The normalized spacial score (nSPS) is 56.9. The van der Waals surface area contributed by atoms with E-state index < -0.39 is 0 Å². The third-order valence-corrected chi connectivity index (χ3v) is 27.6. The smallest absolute Gasteiger partial charge is 0.0628 e. The summed E-state index contributed by atoms with van der Waals surface area (Å²) in [6.45, 7) is 0. The largest absolute Gasteiger partial charge is 0.286 e. The zero-order chi connectivity index (χ0) is 52.4. The van der Waals surface area contributed by atoms with Gasteiger partial charge < -0.3 is 0 Å². The number of hydrogen-bond donors (Lipinski definition) is 16. The number of nitrogens with one attached hydrogen (secondary N) is 16. The molecule has 8 aliphatic carbocycles. The second-order valence-electron chi connectivity index (χ2n) is 31.2. The van der Waals surface area contributed by atoms with Crippen LogP contribution in [0.1, 0.15) is 205 Å². The number of fused-ring (bicyclic) bond motifs is 40. The van der Waals surface area contributed by atoms with Crippen molar-refractivity contribution in [2.75, 3.05) is 0 Å². The van der Waals surface area contributed by atoms with Crippen molar-refractivity contribution in [1.82, 2.24) is 85.1 Å². The Morgan fingerprint density at radius 1 is 0.111 bits per heavy atom. The van der Waals surface area contributed by atoms with Gasteiger partial charge in [0.2, 0.25) is 0 Å². The summed E-state index contributed by atoms with van der Waals surface area (Å²) in [5, 5.41) is 67.6. The molecule has 0 aromatic heterocycles. The average Bonchev–Trinajstić information content (AvgIpc) is 4.47. The maximum atomic E-state index is 4.26. The molecule has 16 bridgehead atoms. The van der Waals surface area contributed by atoms with Gasteiger partial charge in [-0.05, 0) is 197 Å². The second-order valence-corrected chi connectivity index (χ2v) is 31.2. The minimum atomic E-state index is 0. The third-order valence-electron chi connectivity index (χ3n) is 27.6. The van der Waals surface area contributed by atoms with Crippen LogP contribution in [0.25, 0.3) is 0 Å². The van der Waals surface area contributed by atoms with Crippen molar-refractivity contribution in [1.29, 1.82) is 0 Å². The van der Waals surface area contributed by atoms with Crippen molar-refractivity contribution < 1.29 is 40.4 Å². The van der Waals surface area contributed by atoms with Crippen LogP contribution in [0, 0.1) is 135 Å². The maximum Gasteiger partial charge on any atom is 0.0628 e. The van der Waals surface area contributed by atoms with Crippen molar-refractivity contribution in [3.05, 3.63) is 0 Å². The maximum absolute atomic E-state index is 4.26.